The highest BCUT2D eigenvalue weighted by atomic mass is 16.5. The second-order valence-electron chi connectivity index (χ2n) is 6.57. The van der Waals surface area contributed by atoms with Crippen LogP contribution in [0, 0.1) is 5.92 Å². The highest BCUT2D eigenvalue weighted by Crippen LogP contribution is 2.30. The Balaban J connectivity index is 1.79. The first kappa shape index (κ1) is 15.8. The average Bonchev–Trinajstić information content (AvgIpc) is 3.17. The number of hydrogen-bond acceptors (Lipinski definition) is 3. The lowest BCUT2D eigenvalue weighted by Crippen LogP contribution is -2.53. The Morgan fingerprint density at radius 1 is 1.26 bits per heavy atom. The molecule has 0 unspecified atom stereocenters. The van der Waals surface area contributed by atoms with Crippen molar-refractivity contribution in [1.82, 2.24) is 10.2 Å². The van der Waals surface area contributed by atoms with Gasteiger partial charge in [0.2, 0.25) is 5.91 Å². The van der Waals surface area contributed by atoms with Gasteiger partial charge in [-0.25, -0.2) is 4.79 Å². The summed E-state index contributed by atoms with van der Waals surface area (Å²) in [7, 11) is 1.33. The lowest BCUT2D eigenvalue weighted by Gasteiger charge is -2.30. The molecule has 0 saturated carbocycles. The molecule has 124 valence electrons. The summed E-state index contributed by atoms with van der Waals surface area (Å²) in [5, 5.41) is 2.79. The van der Waals surface area contributed by atoms with Crippen LogP contribution in [0.4, 0.5) is 4.79 Å². The predicted molar refractivity (Wildman–Crippen MR) is 87.1 cm³/mol. The van der Waals surface area contributed by atoms with Gasteiger partial charge in [0.1, 0.15) is 6.04 Å². The lowest BCUT2D eigenvalue weighted by molar-refractivity contribution is -0.135. The van der Waals surface area contributed by atoms with Crippen molar-refractivity contribution in [3.05, 3.63) is 35.4 Å². The standard InChI is InChI=1S/C18H24N2O3/c1-12-6-5-9-20(12)17(21)16(19-18(22)23-2)15-10-13-7-3-4-8-14(13)11-15/h3-4,7-8,12,15-16H,5-6,9-11H2,1-2H3,(H,19,22)/t12-,16+/m1/s1. The zero-order valence-electron chi connectivity index (χ0n) is 13.7. The van der Waals surface area contributed by atoms with Crippen molar-refractivity contribution in [3.8, 4) is 0 Å². The van der Waals surface area contributed by atoms with E-state index in [9.17, 15) is 9.59 Å². The van der Waals surface area contributed by atoms with Crippen LogP contribution in [0.3, 0.4) is 0 Å². The van der Waals surface area contributed by atoms with E-state index in [1.165, 1.54) is 18.2 Å². The van der Waals surface area contributed by atoms with Gasteiger partial charge < -0.3 is 15.0 Å². The number of methoxy groups -OCH3 is 1. The van der Waals surface area contributed by atoms with E-state index in [0.29, 0.717) is 0 Å². The first-order valence-electron chi connectivity index (χ1n) is 8.32. The van der Waals surface area contributed by atoms with Crippen molar-refractivity contribution in [2.24, 2.45) is 5.92 Å². The number of rotatable bonds is 3. The van der Waals surface area contributed by atoms with Crippen LogP contribution in [0.15, 0.2) is 24.3 Å². The van der Waals surface area contributed by atoms with Crippen molar-refractivity contribution in [2.45, 2.75) is 44.7 Å². The van der Waals surface area contributed by atoms with Gasteiger partial charge in [0.25, 0.3) is 0 Å². The Bertz CT molecular complexity index is 577. The molecule has 2 aliphatic rings. The third-order valence-corrected chi connectivity index (χ3v) is 5.11. The molecule has 0 spiro atoms. The monoisotopic (exact) mass is 316 g/mol. The molecule has 3 rings (SSSR count). The number of likely N-dealkylation sites (tertiary alicyclic amines) is 1. The maximum absolute atomic E-state index is 13.0. The summed E-state index contributed by atoms with van der Waals surface area (Å²) in [6, 6.07) is 7.98. The maximum Gasteiger partial charge on any atom is 0.407 e. The Morgan fingerprint density at radius 3 is 2.43 bits per heavy atom. The molecular formula is C18H24N2O3. The van der Waals surface area contributed by atoms with Gasteiger partial charge >= 0.3 is 6.09 Å². The minimum atomic E-state index is -0.536. The van der Waals surface area contributed by atoms with Crippen LogP contribution in [-0.2, 0) is 22.4 Å². The largest absolute Gasteiger partial charge is 0.453 e. The Kier molecular flexibility index (Phi) is 4.55. The molecule has 1 saturated heterocycles. The number of nitrogens with one attached hydrogen (secondary N) is 1. The minimum Gasteiger partial charge on any atom is -0.453 e. The van der Waals surface area contributed by atoms with Crippen molar-refractivity contribution in [3.63, 3.8) is 0 Å². The van der Waals surface area contributed by atoms with Crippen molar-refractivity contribution in [2.75, 3.05) is 13.7 Å². The van der Waals surface area contributed by atoms with E-state index in [1.807, 2.05) is 17.0 Å². The zero-order valence-corrected chi connectivity index (χ0v) is 13.7. The van der Waals surface area contributed by atoms with Gasteiger partial charge in [-0.3, -0.25) is 4.79 Å². The van der Waals surface area contributed by atoms with Crippen molar-refractivity contribution in [1.29, 1.82) is 0 Å². The van der Waals surface area contributed by atoms with Gasteiger partial charge in [0.15, 0.2) is 0 Å². The van der Waals surface area contributed by atoms with E-state index in [1.54, 1.807) is 0 Å². The summed E-state index contributed by atoms with van der Waals surface area (Å²) < 4.78 is 4.74. The highest BCUT2D eigenvalue weighted by Gasteiger charge is 2.39. The van der Waals surface area contributed by atoms with Gasteiger partial charge in [-0.2, -0.15) is 0 Å². The van der Waals surface area contributed by atoms with E-state index >= 15 is 0 Å². The van der Waals surface area contributed by atoms with E-state index in [0.717, 1.165) is 32.2 Å². The maximum atomic E-state index is 13.0. The third-order valence-electron chi connectivity index (χ3n) is 5.11. The molecule has 1 aliphatic carbocycles. The first-order chi connectivity index (χ1) is 11.1. The molecule has 0 bridgehead atoms. The number of nitrogens with zero attached hydrogens (tertiary/aromatic N) is 1. The number of carbonyl (C=O) groups is 2. The molecule has 1 N–H and O–H groups in total. The normalized spacial score (nSPS) is 21.8. The van der Waals surface area contributed by atoms with Crippen LogP contribution in [0.1, 0.15) is 30.9 Å². The number of amides is 2. The van der Waals surface area contributed by atoms with Crippen LogP contribution in [0.2, 0.25) is 0 Å². The van der Waals surface area contributed by atoms with E-state index in [2.05, 4.69) is 24.4 Å². The molecule has 2 atom stereocenters. The Hall–Kier alpha value is -2.04. The number of benzene rings is 1. The molecule has 1 aromatic carbocycles. The number of ether oxygens (including phenoxy) is 1. The summed E-state index contributed by atoms with van der Waals surface area (Å²) in [6.07, 6.45) is 3.16. The fourth-order valence-electron chi connectivity index (χ4n) is 3.84. The van der Waals surface area contributed by atoms with Gasteiger partial charge in [-0.15, -0.1) is 0 Å². The Labute approximate surface area is 137 Å². The Morgan fingerprint density at radius 2 is 1.91 bits per heavy atom. The molecule has 23 heavy (non-hydrogen) atoms. The summed E-state index contributed by atoms with van der Waals surface area (Å²) in [4.78, 5) is 26.7. The molecule has 5 nitrogen and oxygen atoms in total. The molecule has 1 fully saturated rings. The number of fused-ring (bicyclic) bond motifs is 1. The molecule has 5 heteroatoms. The quantitative estimate of drug-likeness (QED) is 0.929. The fraction of sp³-hybridized carbons (Fsp3) is 0.556. The van der Waals surface area contributed by atoms with Crippen molar-refractivity contribution < 1.29 is 14.3 Å². The fourth-order valence-corrected chi connectivity index (χ4v) is 3.84. The third kappa shape index (κ3) is 3.19. The predicted octanol–water partition coefficient (Wildman–Crippen LogP) is 2.14. The van der Waals surface area contributed by atoms with Crippen LogP contribution < -0.4 is 5.32 Å². The summed E-state index contributed by atoms with van der Waals surface area (Å²) in [6.45, 7) is 2.85. The molecule has 2 amide bonds. The number of alkyl carbamates (subject to hydrolysis) is 1. The highest BCUT2D eigenvalue weighted by molar-refractivity contribution is 5.86. The molecule has 0 aromatic heterocycles. The van der Waals surface area contributed by atoms with Crippen LogP contribution in [0.25, 0.3) is 0 Å². The molecule has 0 radical (unpaired) electrons. The van der Waals surface area contributed by atoms with E-state index in [-0.39, 0.29) is 17.9 Å². The molecular weight excluding hydrogens is 292 g/mol. The van der Waals surface area contributed by atoms with E-state index in [4.69, 9.17) is 4.74 Å². The van der Waals surface area contributed by atoms with Gasteiger partial charge in [-0.1, -0.05) is 24.3 Å². The summed E-state index contributed by atoms with van der Waals surface area (Å²) in [5.74, 6) is 0.116. The molecule has 1 aromatic rings. The SMILES string of the molecule is COC(=O)N[C@H](C(=O)N1CCC[C@H]1C)C1Cc2ccccc2C1. The molecule has 1 heterocycles. The average molecular weight is 316 g/mol. The first-order valence-corrected chi connectivity index (χ1v) is 8.32. The minimum absolute atomic E-state index is 0.0261. The zero-order chi connectivity index (χ0) is 16.4. The second kappa shape index (κ2) is 6.60. The number of carbonyl (C=O) groups excluding carboxylic acids is 2. The summed E-state index contributed by atoms with van der Waals surface area (Å²) in [5.41, 5.74) is 2.55. The van der Waals surface area contributed by atoms with Crippen LogP contribution >= 0.6 is 0 Å². The van der Waals surface area contributed by atoms with Gasteiger partial charge in [-0.05, 0) is 49.7 Å². The lowest BCUT2D eigenvalue weighted by atomic mass is 9.95. The van der Waals surface area contributed by atoms with Crippen LogP contribution in [-0.4, -0.2) is 42.6 Å². The topological polar surface area (TPSA) is 58.6 Å². The second-order valence-corrected chi connectivity index (χ2v) is 6.57. The number of hydrogen-bond donors (Lipinski definition) is 1. The van der Waals surface area contributed by atoms with Gasteiger partial charge in [0, 0.05) is 12.6 Å². The smallest absolute Gasteiger partial charge is 0.407 e. The summed E-state index contributed by atoms with van der Waals surface area (Å²) >= 11 is 0. The van der Waals surface area contributed by atoms with Crippen LogP contribution in [0.5, 0.6) is 0 Å². The van der Waals surface area contributed by atoms with Crippen molar-refractivity contribution >= 4 is 12.0 Å². The van der Waals surface area contributed by atoms with Gasteiger partial charge in [0.05, 0.1) is 7.11 Å². The van der Waals surface area contributed by atoms with E-state index < -0.39 is 12.1 Å². The molecule has 1 aliphatic heterocycles.